The third kappa shape index (κ3) is 5.30. The van der Waals surface area contributed by atoms with E-state index in [9.17, 15) is 29.3 Å². The summed E-state index contributed by atoms with van der Waals surface area (Å²) in [6.07, 6.45) is 3.65. The molecular weight excluding hydrogens is 323 g/mol. The minimum Gasteiger partial charge on any atom is -0.481 e. The number of hydrogen-bond donors (Lipinski definition) is 4. The number of aliphatic hydroxyl groups excluding tert-OH is 1. The molecular formula is C15H25O7P. The van der Waals surface area contributed by atoms with E-state index in [4.69, 9.17) is 5.11 Å². The third-order valence-electron chi connectivity index (χ3n) is 3.32. The molecule has 0 saturated heterocycles. The smallest absolute Gasteiger partial charge is 0.332 e. The lowest BCUT2D eigenvalue weighted by molar-refractivity contribution is -0.145. The van der Waals surface area contributed by atoms with Gasteiger partial charge >= 0.3 is 11.9 Å². The molecule has 0 heterocycles. The largest absolute Gasteiger partial charge is 0.481 e. The number of carbonyl (C=O) groups is 2. The molecule has 0 saturated carbocycles. The van der Waals surface area contributed by atoms with Crippen LogP contribution < -0.4 is 0 Å². The fourth-order valence-electron chi connectivity index (χ4n) is 2.50. The topological polar surface area (TPSA) is 132 Å². The summed E-state index contributed by atoms with van der Waals surface area (Å²) < 4.78 is 12.6. The first-order chi connectivity index (χ1) is 10.4. The van der Waals surface area contributed by atoms with Crippen LogP contribution in [-0.2, 0) is 14.2 Å². The van der Waals surface area contributed by atoms with Gasteiger partial charge in [0.25, 0.3) is 0 Å². The van der Waals surface area contributed by atoms with Crippen molar-refractivity contribution in [1.29, 1.82) is 0 Å². The Kier molecular flexibility index (Phi) is 7.91. The molecule has 132 valence electrons. The molecule has 23 heavy (non-hydrogen) atoms. The van der Waals surface area contributed by atoms with Crippen LogP contribution in [0.3, 0.4) is 0 Å². The van der Waals surface area contributed by atoms with E-state index in [-0.39, 0.29) is 24.3 Å². The van der Waals surface area contributed by atoms with Gasteiger partial charge in [-0.15, -0.1) is 0 Å². The molecule has 0 aromatic carbocycles. The summed E-state index contributed by atoms with van der Waals surface area (Å²) in [6.45, 7) is 6.66. The number of aliphatic carboxylic acids is 2. The number of allylic oxidation sites excluding steroid dienone is 2. The van der Waals surface area contributed by atoms with Gasteiger partial charge in [-0.1, -0.05) is 32.1 Å². The van der Waals surface area contributed by atoms with E-state index in [0.29, 0.717) is 0 Å². The van der Waals surface area contributed by atoms with E-state index in [1.807, 2.05) is 0 Å². The quantitative estimate of drug-likeness (QED) is 0.558. The van der Waals surface area contributed by atoms with Gasteiger partial charge in [-0.05, 0) is 19.8 Å². The molecule has 3 atom stereocenters. The van der Waals surface area contributed by atoms with Crippen molar-refractivity contribution >= 4 is 19.3 Å². The maximum Gasteiger partial charge on any atom is 0.332 e. The van der Waals surface area contributed by atoms with Gasteiger partial charge in [0, 0.05) is 12.8 Å². The average molecular weight is 348 g/mol. The highest BCUT2D eigenvalue weighted by molar-refractivity contribution is 7.59. The van der Waals surface area contributed by atoms with Gasteiger partial charge in [-0.2, -0.15) is 0 Å². The molecule has 8 heteroatoms. The van der Waals surface area contributed by atoms with Crippen molar-refractivity contribution in [3.05, 3.63) is 23.8 Å². The third-order valence-corrected chi connectivity index (χ3v) is 6.19. The summed E-state index contributed by atoms with van der Waals surface area (Å²) in [6, 6.07) is 0. The first kappa shape index (κ1) is 21.6. The summed E-state index contributed by atoms with van der Waals surface area (Å²) in [5, 5.41) is 26.1. The Balaban J connectivity index is 0.00000149. The Hall–Kier alpha value is -1.43. The second-order valence-corrected chi connectivity index (χ2v) is 8.32. The van der Waals surface area contributed by atoms with Crippen LogP contribution in [0.4, 0.5) is 0 Å². The zero-order valence-electron chi connectivity index (χ0n) is 13.8. The predicted octanol–water partition coefficient (Wildman–Crippen LogP) is 1.95. The van der Waals surface area contributed by atoms with Gasteiger partial charge in [0.15, 0.2) is 0 Å². The van der Waals surface area contributed by atoms with Gasteiger partial charge in [-0.25, -0.2) is 4.79 Å². The molecule has 0 radical (unpaired) electrons. The Labute approximate surface area is 135 Å². The van der Waals surface area contributed by atoms with Crippen LogP contribution in [0, 0.1) is 11.3 Å². The molecule has 0 aliphatic heterocycles. The number of rotatable bonds is 5. The molecule has 0 bridgehead atoms. The summed E-state index contributed by atoms with van der Waals surface area (Å²) >= 11 is 0. The van der Waals surface area contributed by atoms with Gasteiger partial charge in [0.2, 0.25) is 7.37 Å². The molecule has 0 aromatic heterocycles. The van der Waals surface area contributed by atoms with Crippen molar-refractivity contribution < 1.29 is 34.4 Å². The van der Waals surface area contributed by atoms with Crippen molar-refractivity contribution in [2.75, 3.05) is 12.8 Å². The normalized spacial score (nSPS) is 25.9. The molecule has 7 nitrogen and oxygen atoms in total. The zero-order chi connectivity index (χ0) is 18.4. The number of aliphatic hydroxyl groups is 1. The van der Waals surface area contributed by atoms with Crippen LogP contribution in [0.25, 0.3) is 0 Å². The van der Waals surface area contributed by atoms with Gasteiger partial charge in [0.05, 0.1) is 16.6 Å². The lowest BCUT2D eigenvalue weighted by atomic mass is 9.79. The second kappa shape index (κ2) is 8.43. The van der Waals surface area contributed by atoms with Crippen LogP contribution in [0.2, 0.25) is 0 Å². The van der Waals surface area contributed by atoms with Crippen LogP contribution >= 0.6 is 7.37 Å². The van der Waals surface area contributed by atoms with Crippen molar-refractivity contribution in [3.63, 3.8) is 0 Å². The van der Waals surface area contributed by atoms with Gasteiger partial charge in [0.1, 0.15) is 0 Å². The van der Waals surface area contributed by atoms with E-state index in [1.54, 1.807) is 20.8 Å². The van der Waals surface area contributed by atoms with E-state index in [2.05, 4.69) is 0 Å². The highest BCUT2D eigenvalue weighted by Crippen LogP contribution is 2.58. The number of hydrogen-bond acceptors (Lipinski definition) is 4. The fraction of sp³-hybridized carbons (Fsp3) is 0.600. The summed E-state index contributed by atoms with van der Waals surface area (Å²) in [4.78, 5) is 33.0. The molecule has 0 amide bonds. The molecule has 1 aliphatic carbocycles. The monoisotopic (exact) mass is 348 g/mol. The lowest BCUT2D eigenvalue weighted by Crippen LogP contribution is -2.43. The van der Waals surface area contributed by atoms with Crippen molar-refractivity contribution in [2.45, 2.75) is 33.4 Å². The van der Waals surface area contributed by atoms with Crippen LogP contribution in [0.15, 0.2) is 23.8 Å². The van der Waals surface area contributed by atoms with Gasteiger partial charge in [-0.3, -0.25) is 9.36 Å². The van der Waals surface area contributed by atoms with Crippen molar-refractivity contribution in [1.82, 2.24) is 0 Å². The summed E-state index contributed by atoms with van der Waals surface area (Å²) in [5.74, 6) is -2.83. The zero-order valence-corrected chi connectivity index (χ0v) is 14.7. The molecule has 0 fully saturated rings. The highest BCUT2D eigenvalue weighted by atomic mass is 31.2. The highest BCUT2D eigenvalue weighted by Gasteiger charge is 2.53. The predicted molar refractivity (Wildman–Crippen MR) is 86.7 cm³/mol. The molecule has 3 unspecified atom stereocenters. The molecule has 4 N–H and O–H groups in total. The van der Waals surface area contributed by atoms with Gasteiger partial charge < -0.3 is 20.2 Å². The number of carboxylic acid groups (broad SMARTS) is 2. The first-order valence-corrected chi connectivity index (χ1v) is 9.13. The van der Waals surface area contributed by atoms with Crippen LogP contribution in [-0.4, -0.2) is 50.6 Å². The Morgan fingerprint density at radius 3 is 2.17 bits per heavy atom. The maximum atomic E-state index is 12.6. The van der Waals surface area contributed by atoms with E-state index < -0.39 is 30.4 Å². The lowest BCUT2D eigenvalue weighted by Gasteiger charge is -2.37. The fourth-order valence-corrected chi connectivity index (χ4v) is 5.42. The van der Waals surface area contributed by atoms with Crippen LogP contribution in [0.5, 0.6) is 0 Å². The molecule has 1 rings (SSSR count). The van der Waals surface area contributed by atoms with E-state index in [1.165, 1.54) is 25.2 Å². The molecule has 0 spiro atoms. The average Bonchev–Trinajstić information content (AvgIpc) is 2.37. The Morgan fingerprint density at radius 1 is 1.35 bits per heavy atom. The van der Waals surface area contributed by atoms with E-state index in [0.717, 1.165) is 0 Å². The van der Waals surface area contributed by atoms with Crippen LogP contribution in [0.1, 0.15) is 27.7 Å². The SMILES string of the molecule is CC(C)CP(=O)(O)C1C(C(=O)O)=CC=CC1(C)C(=O)O.CCO. The standard InChI is InChI=1S/C13H19O6P.C2H6O/c1-8(2)7-20(18,19)10-9(11(14)15)5-4-6-13(10,3)12(16)17;1-2-3/h4-6,8,10H,7H2,1-3H3,(H,14,15)(H,16,17)(H,18,19);3H,2H2,1H3. The Bertz CT molecular complexity index is 550. The van der Waals surface area contributed by atoms with Crippen molar-refractivity contribution in [3.8, 4) is 0 Å². The summed E-state index contributed by atoms with van der Waals surface area (Å²) in [5.41, 5.74) is -3.48. The summed E-state index contributed by atoms with van der Waals surface area (Å²) in [7, 11) is -3.99. The minimum absolute atomic E-state index is 0.126. The van der Waals surface area contributed by atoms with Crippen molar-refractivity contribution in [2.24, 2.45) is 11.3 Å². The maximum absolute atomic E-state index is 12.6. The Morgan fingerprint density at radius 2 is 1.83 bits per heavy atom. The molecule has 1 aliphatic rings. The number of carboxylic acids is 2. The van der Waals surface area contributed by atoms with E-state index >= 15 is 0 Å². The molecule has 0 aromatic rings. The second-order valence-electron chi connectivity index (χ2n) is 5.92. The minimum atomic E-state index is -3.99. The first-order valence-electron chi connectivity index (χ1n) is 7.22.